The monoisotopic (exact) mass is 418 g/mol. The van der Waals surface area contributed by atoms with Crippen LogP contribution in [0.4, 0.5) is 11.4 Å². The number of benzene rings is 3. The average molecular weight is 419 g/mol. The number of hydrogen-bond donors (Lipinski definition) is 2. The molecule has 1 heterocycles. The number of amides is 1. The first-order chi connectivity index (χ1) is 14.5. The Morgan fingerprint density at radius 3 is 2.60 bits per heavy atom. The largest absolute Gasteiger partial charge is 0.469 e. The summed E-state index contributed by atoms with van der Waals surface area (Å²) < 4.78 is 4.76. The van der Waals surface area contributed by atoms with Crippen LogP contribution in [0.15, 0.2) is 72.8 Å². The van der Waals surface area contributed by atoms with E-state index in [2.05, 4.69) is 10.6 Å². The summed E-state index contributed by atoms with van der Waals surface area (Å²) in [5, 5.41) is 6.83. The van der Waals surface area contributed by atoms with Crippen molar-refractivity contribution < 1.29 is 14.3 Å². The number of halogens is 1. The Balaban J connectivity index is 1.80. The van der Waals surface area contributed by atoms with Gasteiger partial charge in [0.05, 0.1) is 30.5 Å². The number of rotatable bonds is 5. The van der Waals surface area contributed by atoms with Crippen LogP contribution in [0.1, 0.15) is 16.7 Å². The number of hydrogen-bond acceptors (Lipinski definition) is 4. The molecule has 0 radical (unpaired) electrons. The zero-order valence-electron chi connectivity index (χ0n) is 16.2. The smallest absolute Gasteiger partial charge is 0.309 e. The minimum absolute atomic E-state index is 0.172. The van der Waals surface area contributed by atoms with E-state index in [1.54, 1.807) is 12.1 Å². The van der Waals surface area contributed by atoms with Crippen LogP contribution in [0.25, 0.3) is 11.3 Å². The summed E-state index contributed by atoms with van der Waals surface area (Å²) in [6.07, 6.45) is 0.172. The minimum atomic E-state index is -0.310. The molecule has 0 saturated carbocycles. The van der Waals surface area contributed by atoms with Gasteiger partial charge in [0.15, 0.2) is 0 Å². The van der Waals surface area contributed by atoms with Gasteiger partial charge in [-0.15, -0.1) is 0 Å². The van der Waals surface area contributed by atoms with E-state index in [-0.39, 0.29) is 18.3 Å². The van der Waals surface area contributed by atoms with Crippen molar-refractivity contribution in [1.82, 2.24) is 0 Å². The Kier molecular flexibility index (Phi) is 5.55. The van der Waals surface area contributed by atoms with E-state index in [1.165, 1.54) is 7.11 Å². The zero-order chi connectivity index (χ0) is 21.1. The van der Waals surface area contributed by atoms with Gasteiger partial charge in [0.1, 0.15) is 0 Å². The Morgan fingerprint density at radius 1 is 1.03 bits per heavy atom. The standard InChI is InChI=1S/C24H19ClN2O3/c1-30-21(28)13-15-6-5-9-18(12-15)26-23(16-7-3-2-4-8-16)22-19-11-10-17(25)14-20(19)27-24(22)29/h2-12,14,26H,13H2,1H3,(H,27,29). The Bertz CT molecular complexity index is 1160. The molecule has 0 unspecified atom stereocenters. The van der Waals surface area contributed by atoms with E-state index in [0.29, 0.717) is 22.0 Å². The lowest BCUT2D eigenvalue weighted by Crippen LogP contribution is -2.10. The van der Waals surface area contributed by atoms with Gasteiger partial charge in [-0.1, -0.05) is 60.1 Å². The molecule has 30 heavy (non-hydrogen) atoms. The molecule has 1 amide bonds. The fraction of sp³-hybridized carbons (Fsp3) is 0.0833. The molecule has 1 aliphatic heterocycles. The topological polar surface area (TPSA) is 67.4 Å². The molecule has 2 N–H and O–H groups in total. The summed E-state index contributed by atoms with van der Waals surface area (Å²) in [6.45, 7) is 0. The predicted molar refractivity (Wildman–Crippen MR) is 119 cm³/mol. The van der Waals surface area contributed by atoms with Crippen molar-refractivity contribution in [2.24, 2.45) is 0 Å². The first kappa shape index (κ1) is 19.7. The Morgan fingerprint density at radius 2 is 1.83 bits per heavy atom. The molecule has 150 valence electrons. The molecule has 0 atom stereocenters. The van der Waals surface area contributed by atoms with E-state index in [1.807, 2.05) is 60.7 Å². The maximum absolute atomic E-state index is 12.9. The summed E-state index contributed by atoms with van der Waals surface area (Å²) in [5.41, 5.74) is 5.10. The minimum Gasteiger partial charge on any atom is -0.469 e. The van der Waals surface area contributed by atoms with Gasteiger partial charge in [-0.05, 0) is 35.4 Å². The molecule has 6 heteroatoms. The average Bonchev–Trinajstić information content (AvgIpc) is 3.07. The SMILES string of the molecule is COC(=O)Cc1cccc(NC(=C2C(=O)Nc3cc(Cl)ccc32)c2ccccc2)c1. The fourth-order valence-corrected chi connectivity index (χ4v) is 3.59. The van der Waals surface area contributed by atoms with Crippen LogP contribution in [-0.2, 0) is 20.7 Å². The Hall–Kier alpha value is -3.57. The molecule has 3 aromatic rings. The van der Waals surface area contributed by atoms with Crippen molar-refractivity contribution in [1.29, 1.82) is 0 Å². The molecule has 1 aliphatic rings. The third kappa shape index (κ3) is 4.07. The van der Waals surface area contributed by atoms with E-state index in [0.717, 1.165) is 22.4 Å². The van der Waals surface area contributed by atoms with E-state index in [4.69, 9.17) is 16.3 Å². The van der Waals surface area contributed by atoms with Crippen LogP contribution in [0.3, 0.4) is 0 Å². The number of carbonyl (C=O) groups excluding carboxylic acids is 2. The quantitative estimate of drug-likeness (QED) is 0.452. The molecule has 0 aromatic heterocycles. The lowest BCUT2D eigenvalue weighted by atomic mass is 10.00. The lowest BCUT2D eigenvalue weighted by molar-refractivity contribution is -0.139. The van der Waals surface area contributed by atoms with Crippen LogP contribution in [0.5, 0.6) is 0 Å². The molecular formula is C24H19ClN2O3. The van der Waals surface area contributed by atoms with Gasteiger partial charge in [-0.2, -0.15) is 0 Å². The van der Waals surface area contributed by atoms with Crippen molar-refractivity contribution in [3.05, 3.63) is 94.5 Å². The molecule has 4 rings (SSSR count). The molecule has 0 bridgehead atoms. The molecule has 0 fully saturated rings. The maximum atomic E-state index is 12.9. The Labute approximate surface area is 179 Å². The number of methoxy groups -OCH3 is 1. The molecule has 3 aromatic carbocycles. The first-order valence-electron chi connectivity index (χ1n) is 9.39. The highest BCUT2D eigenvalue weighted by molar-refractivity contribution is 6.38. The van der Waals surface area contributed by atoms with Gasteiger partial charge < -0.3 is 15.4 Å². The van der Waals surface area contributed by atoms with Gasteiger partial charge in [0.25, 0.3) is 5.91 Å². The van der Waals surface area contributed by atoms with Crippen molar-refractivity contribution in [2.75, 3.05) is 17.7 Å². The van der Waals surface area contributed by atoms with Gasteiger partial charge in [0, 0.05) is 16.3 Å². The second-order valence-electron chi connectivity index (χ2n) is 6.84. The van der Waals surface area contributed by atoms with Crippen LogP contribution in [-0.4, -0.2) is 19.0 Å². The van der Waals surface area contributed by atoms with Crippen molar-refractivity contribution in [2.45, 2.75) is 6.42 Å². The van der Waals surface area contributed by atoms with Gasteiger partial charge in [-0.3, -0.25) is 9.59 Å². The third-order valence-corrected chi connectivity index (χ3v) is 5.05. The number of esters is 1. The number of nitrogens with one attached hydrogen (secondary N) is 2. The number of ether oxygens (including phenoxy) is 1. The number of anilines is 2. The zero-order valence-corrected chi connectivity index (χ0v) is 17.0. The van der Waals surface area contributed by atoms with Crippen LogP contribution in [0, 0.1) is 0 Å². The van der Waals surface area contributed by atoms with Crippen LogP contribution >= 0.6 is 11.6 Å². The molecule has 0 saturated heterocycles. The summed E-state index contributed by atoms with van der Waals surface area (Å²) >= 11 is 6.10. The molecule has 5 nitrogen and oxygen atoms in total. The summed E-state index contributed by atoms with van der Waals surface area (Å²) in [5.74, 6) is -0.515. The van der Waals surface area contributed by atoms with Crippen molar-refractivity contribution in [3.8, 4) is 0 Å². The van der Waals surface area contributed by atoms with Crippen LogP contribution < -0.4 is 10.6 Å². The van der Waals surface area contributed by atoms with Gasteiger partial charge >= 0.3 is 5.97 Å². The highest BCUT2D eigenvalue weighted by atomic mass is 35.5. The fourth-order valence-electron chi connectivity index (χ4n) is 3.42. The number of carbonyl (C=O) groups is 2. The van der Waals surface area contributed by atoms with Crippen molar-refractivity contribution in [3.63, 3.8) is 0 Å². The maximum Gasteiger partial charge on any atom is 0.309 e. The predicted octanol–water partition coefficient (Wildman–Crippen LogP) is 4.99. The molecular weight excluding hydrogens is 400 g/mol. The summed E-state index contributed by atoms with van der Waals surface area (Å²) in [7, 11) is 1.37. The molecule has 0 aliphatic carbocycles. The highest BCUT2D eigenvalue weighted by Gasteiger charge is 2.28. The summed E-state index contributed by atoms with van der Waals surface area (Å²) in [6, 6.07) is 22.4. The molecule has 0 spiro atoms. The van der Waals surface area contributed by atoms with Gasteiger partial charge in [-0.25, -0.2) is 0 Å². The normalized spacial score (nSPS) is 14.0. The second-order valence-corrected chi connectivity index (χ2v) is 7.27. The van der Waals surface area contributed by atoms with E-state index in [9.17, 15) is 9.59 Å². The van der Waals surface area contributed by atoms with Crippen LogP contribution in [0.2, 0.25) is 5.02 Å². The highest BCUT2D eigenvalue weighted by Crippen LogP contribution is 2.38. The van der Waals surface area contributed by atoms with Crippen molar-refractivity contribution >= 4 is 46.1 Å². The van der Waals surface area contributed by atoms with Gasteiger partial charge in [0.2, 0.25) is 0 Å². The third-order valence-electron chi connectivity index (χ3n) is 4.81. The second kappa shape index (κ2) is 8.43. The lowest BCUT2D eigenvalue weighted by Gasteiger charge is -2.15. The van der Waals surface area contributed by atoms with E-state index >= 15 is 0 Å². The first-order valence-corrected chi connectivity index (χ1v) is 9.76. The van der Waals surface area contributed by atoms with E-state index < -0.39 is 0 Å². The number of fused-ring (bicyclic) bond motifs is 1. The summed E-state index contributed by atoms with van der Waals surface area (Å²) in [4.78, 5) is 24.5.